The normalized spacial score (nSPS) is 12.1. The third-order valence-electron chi connectivity index (χ3n) is 2.66. The van der Waals surface area contributed by atoms with Gasteiger partial charge in [-0.2, -0.15) is 11.3 Å². The minimum absolute atomic E-state index is 0.187. The molecule has 1 atom stereocenters. The number of primary amides is 1. The van der Waals surface area contributed by atoms with Crippen LogP contribution in [0.4, 0.5) is 5.69 Å². The van der Waals surface area contributed by atoms with Crippen molar-refractivity contribution in [1.29, 1.82) is 0 Å². The molecule has 1 unspecified atom stereocenters. The summed E-state index contributed by atoms with van der Waals surface area (Å²) < 4.78 is 0. The zero-order chi connectivity index (χ0) is 13.1. The topological polar surface area (TPSA) is 55.1 Å². The molecule has 1 aromatic heterocycles. The fraction of sp³-hybridized carbons (Fsp3) is 0.154. The first-order valence-corrected chi connectivity index (χ1v) is 6.78. The van der Waals surface area contributed by atoms with E-state index in [9.17, 15) is 4.79 Å². The smallest absolute Gasteiger partial charge is 0.250 e. The van der Waals surface area contributed by atoms with Crippen LogP contribution in [0.5, 0.6) is 0 Å². The number of rotatable bonds is 4. The van der Waals surface area contributed by atoms with Gasteiger partial charge in [-0.05, 0) is 47.5 Å². The lowest BCUT2D eigenvalue weighted by molar-refractivity contribution is 0.100. The van der Waals surface area contributed by atoms with E-state index in [0.717, 1.165) is 5.69 Å². The highest BCUT2D eigenvalue weighted by atomic mass is 35.5. The molecule has 5 heteroatoms. The Morgan fingerprint density at radius 2 is 2.22 bits per heavy atom. The van der Waals surface area contributed by atoms with Crippen molar-refractivity contribution in [2.75, 3.05) is 5.32 Å². The summed E-state index contributed by atoms with van der Waals surface area (Å²) in [5.74, 6) is -0.516. The molecular formula is C13H13ClN2OS. The summed E-state index contributed by atoms with van der Waals surface area (Å²) in [6.07, 6.45) is 0. The number of hydrogen-bond acceptors (Lipinski definition) is 3. The molecule has 0 aliphatic carbocycles. The van der Waals surface area contributed by atoms with Gasteiger partial charge in [-0.3, -0.25) is 4.79 Å². The molecular weight excluding hydrogens is 268 g/mol. The van der Waals surface area contributed by atoms with Crippen LogP contribution in [0.25, 0.3) is 0 Å². The first kappa shape index (κ1) is 12.9. The van der Waals surface area contributed by atoms with Gasteiger partial charge in [0, 0.05) is 11.7 Å². The monoisotopic (exact) mass is 280 g/mol. The standard InChI is InChI=1S/C13H13ClN2OS/c1-8(9-4-5-18-7-9)16-10-2-3-11(13(15)17)12(14)6-10/h2-8,16H,1H3,(H2,15,17). The van der Waals surface area contributed by atoms with Crippen molar-refractivity contribution in [2.24, 2.45) is 5.73 Å². The van der Waals surface area contributed by atoms with Crippen molar-refractivity contribution in [1.82, 2.24) is 0 Å². The van der Waals surface area contributed by atoms with E-state index in [4.69, 9.17) is 17.3 Å². The number of benzene rings is 1. The zero-order valence-corrected chi connectivity index (χ0v) is 11.4. The van der Waals surface area contributed by atoms with Crippen molar-refractivity contribution in [2.45, 2.75) is 13.0 Å². The average molecular weight is 281 g/mol. The van der Waals surface area contributed by atoms with Gasteiger partial charge in [0.25, 0.3) is 0 Å². The molecule has 0 saturated carbocycles. The molecule has 3 N–H and O–H groups in total. The maximum absolute atomic E-state index is 11.1. The second kappa shape index (κ2) is 5.42. The molecule has 18 heavy (non-hydrogen) atoms. The summed E-state index contributed by atoms with van der Waals surface area (Å²) in [7, 11) is 0. The number of carbonyl (C=O) groups excluding carboxylic acids is 1. The van der Waals surface area contributed by atoms with Gasteiger partial charge in [0.05, 0.1) is 10.6 Å². The Kier molecular flexibility index (Phi) is 3.89. The van der Waals surface area contributed by atoms with E-state index >= 15 is 0 Å². The van der Waals surface area contributed by atoms with Crippen LogP contribution < -0.4 is 11.1 Å². The molecule has 0 aliphatic rings. The van der Waals surface area contributed by atoms with Gasteiger partial charge in [0.1, 0.15) is 0 Å². The number of anilines is 1. The molecule has 0 bridgehead atoms. The van der Waals surface area contributed by atoms with Crippen molar-refractivity contribution in [3.8, 4) is 0 Å². The summed E-state index contributed by atoms with van der Waals surface area (Å²) in [6.45, 7) is 2.07. The highest BCUT2D eigenvalue weighted by molar-refractivity contribution is 7.08. The molecule has 0 aliphatic heterocycles. The van der Waals surface area contributed by atoms with Crippen molar-refractivity contribution in [3.05, 3.63) is 51.2 Å². The molecule has 3 nitrogen and oxygen atoms in total. The Hall–Kier alpha value is -1.52. The molecule has 1 aromatic carbocycles. The predicted molar refractivity (Wildman–Crippen MR) is 76.3 cm³/mol. The lowest BCUT2D eigenvalue weighted by Crippen LogP contribution is -2.12. The summed E-state index contributed by atoms with van der Waals surface area (Å²) in [6, 6.07) is 7.40. The van der Waals surface area contributed by atoms with E-state index < -0.39 is 5.91 Å². The molecule has 0 spiro atoms. The van der Waals surface area contributed by atoms with E-state index in [1.54, 1.807) is 29.5 Å². The van der Waals surface area contributed by atoms with Gasteiger partial charge in [0.15, 0.2) is 0 Å². The summed E-state index contributed by atoms with van der Waals surface area (Å²) >= 11 is 7.65. The van der Waals surface area contributed by atoms with Crippen molar-refractivity contribution < 1.29 is 4.79 Å². The van der Waals surface area contributed by atoms with Crippen LogP contribution >= 0.6 is 22.9 Å². The van der Waals surface area contributed by atoms with E-state index in [2.05, 4.69) is 23.7 Å². The van der Waals surface area contributed by atoms with Gasteiger partial charge in [0.2, 0.25) is 5.91 Å². The summed E-state index contributed by atoms with van der Waals surface area (Å²) in [5.41, 5.74) is 7.62. The molecule has 2 rings (SSSR count). The molecule has 1 amide bonds. The first-order chi connectivity index (χ1) is 8.58. The molecule has 0 radical (unpaired) electrons. The van der Waals surface area contributed by atoms with Crippen molar-refractivity contribution >= 4 is 34.5 Å². The fourth-order valence-electron chi connectivity index (χ4n) is 1.66. The van der Waals surface area contributed by atoms with Crippen LogP contribution in [0.2, 0.25) is 5.02 Å². The van der Waals surface area contributed by atoms with Gasteiger partial charge >= 0.3 is 0 Å². The second-order valence-corrected chi connectivity index (χ2v) is 5.17. The zero-order valence-electron chi connectivity index (χ0n) is 9.81. The lowest BCUT2D eigenvalue weighted by Gasteiger charge is -2.14. The SMILES string of the molecule is CC(Nc1ccc(C(N)=O)c(Cl)c1)c1ccsc1. The first-order valence-electron chi connectivity index (χ1n) is 5.46. The molecule has 2 aromatic rings. The number of hydrogen-bond donors (Lipinski definition) is 2. The maximum Gasteiger partial charge on any atom is 0.250 e. The largest absolute Gasteiger partial charge is 0.378 e. The van der Waals surface area contributed by atoms with Gasteiger partial charge in [-0.15, -0.1) is 0 Å². The van der Waals surface area contributed by atoms with Crippen LogP contribution in [0.3, 0.4) is 0 Å². The van der Waals surface area contributed by atoms with Gasteiger partial charge in [-0.25, -0.2) is 0 Å². The van der Waals surface area contributed by atoms with E-state index in [1.165, 1.54) is 5.56 Å². The predicted octanol–water partition coefficient (Wildman–Crippen LogP) is 3.67. The van der Waals surface area contributed by atoms with Crippen molar-refractivity contribution in [3.63, 3.8) is 0 Å². The van der Waals surface area contributed by atoms with Crippen LogP contribution in [-0.4, -0.2) is 5.91 Å². The highest BCUT2D eigenvalue weighted by Crippen LogP contribution is 2.25. The third kappa shape index (κ3) is 2.83. The fourth-order valence-corrected chi connectivity index (χ4v) is 2.69. The van der Waals surface area contributed by atoms with E-state index in [1.807, 2.05) is 5.38 Å². The maximum atomic E-state index is 11.1. The van der Waals surface area contributed by atoms with Crippen LogP contribution in [-0.2, 0) is 0 Å². The third-order valence-corrected chi connectivity index (χ3v) is 3.68. The summed E-state index contributed by atoms with van der Waals surface area (Å²) in [5, 5.41) is 7.82. The van der Waals surface area contributed by atoms with Crippen LogP contribution in [0.1, 0.15) is 28.9 Å². The Bertz CT molecular complexity index is 554. The molecule has 0 fully saturated rings. The average Bonchev–Trinajstić information content (AvgIpc) is 2.81. The second-order valence-electron chi connectivity index (χ2n) is 3.98. The Labute approximate surface area is 115 Å². The number of nitrogens with one attached hydrogen (secondary N) is 1. The van der Waals surface area contributed by atoms with E-state index in [-0.39, 0.29) is 6.04 Å². The number of amides is 1. The Morgan fingerprint density at radius 1 is 1.44 bits per heavy atom. The van der Waals surface area contributed by atoms with E-state index in [0.29, 0.717) is 10.6 Å². The molecule has 94 valence electrons. The Morgan fingerprint density at radius 3 is 2.78 bits per heavy atom. The van der Waals surface area contributed by atoms with Crippen LogP contribution in [0.15, 0.2) is 35.0 Å². The van der Waals surface area contributed by atoms with Gasteiger partial charge < -0.3 is 11.1 Å². The number of halogens is 1. The van der Waals surface area contributed by atoms with Gasteiger partial charge in [-0.1, -0.05) is 11.6 Å². The number of carbonyl (C=O) groups is 1. The molecule has 1 heterocycles. The lowest BCUT2D eigenvalue weighted by atomic mass is 10.1. The minimum atomic E-state index is -0.516. The summed E-state index contributed by atoms with van der Waals surface area (Å²) in [4.78, 5) is 11.1. The Balaban J connectivity index is 2.15. The highest BCUT2D eigenvalue weighted by Gasteiger charge is 2.09. The quantitative estimate of drug-likeness (QED) is 0.898. The minimum Gasteiger partial charge on any atom is -0.378 e. The van der Waals surface area contributed by atoms with Crippen LogP contribution in [0, 0.1) is 0 Å². The number of nitrogens with two attached hydrogens (primary N) is 1. The number of thiophene rings is 1. The molecule has 0 saturated heterocycles.